The minimum absolute atomic E-state index is 0.874. The van der Waals surface area contributed by atoms with Gasteiger partial charge in [0.25, 0.3) is 0 Å². The molecule has 1 aliphatic rings. The predicted octanol–water partition coefficient (Wildman–Crippen LogP) is 2.92. The third-order valence-corrected chi connectivity index (χ3v) is 3.88. The second-order valence-corrected chi connectivity index (χ2v) is 5.43. The number of nitrogens with one attached hydrogen (secondary N) is 1. The van der Waals surface area contributed by atoms with Crippen molar-refractivity contribution in [1.82, 2.24) is 14.9 Å². The molecule has 2 heterocycles. The van der Waals surface area contributed by atoms with Gasteiger partial charge in [-0.2, -0.15) is 0 Å². The molecule has 1 fully saturated rings. The van der Waals surface area contributed by atoms with Gasteiger partial charge in [-0.05, 0) is 38.1 Å². The second-order valence-electron chi connectivity index (χ2n) is 5.43. The summed E-state index contributed by atoms with van der Waals surface area (Å²) in [5, 5.41) is 3.39. The van der Waals surface area contributed by atoms with Crippen LogP contribution in [-0.4, -0.2) is 41.0 Å². The van der Waals surface area contributed by atoms with Gasteiger partial charge in [-0.15, -0.1) is 0 Å². The topological polar surface area (TPSA) is 41.1 Å². The third-order valence-electron chi connectivity index (χ3n) is 3.88. The number of rotatable bonds is 4. The first-order valence-corrected chi connectivity index (χ1v) is 7.60. The summed E-state index contributed by atoms with van der Waals surface area (Å²) in [5.41, 5.74) is 1.90. The molecule has 1 N–H and O–H groups in total. The van der Waals surface area contributed by atoms with E-state index in [1.165, 1.54) is 38.8 Å². The molecule has 0 bridgehead atoms. The Morgan fingerprint density at radius 3 is 2.55 bits per heavy atom. The average Bonchev–Trinajstić information content (AvgIpc) is 2.76. The van der Waals surface area contributed by atoms with Crippen LogP contribution in [0.15, 0.2) is 30.5 Å². The van der Waals surface area contributed by atoms with Gasteiger partial charge in [0.15, 0.2) is 0 Å². The highest BCUT2D eigenvalue weighted by molar-refractivity contribution is 5.75. The molecule has 3 rings (SSSR count). The maximum Gasteiger partial charge on any atom is 0.145 e. The van der Waals surface area contributed by atoms with Gasteiger partial charge in [0.1, 0.15) is 5.82 Å². The van der Waals surface area contributed by atoms with Crippen molar-refractivity contribution in [2.45, 2.75) is 25.7 Å². The largest absolute Gasteiger partial charge is 0.367 e. The van der Waals surface area contributed by atoms with Crippen LogP contribution in [0.5, 0.6) is 0 Å². The monoisotopic (exact) mass is 270 g/mol. The number of hydrogen-bond donors (Lipinski definition) is 1. The molecule has 4 nitrogen and oxygen atoms in total. The minimum Gasteiger partial charge on any atom is -0.367 e. The van der Waals surface area contributed by atoms with E-state index < -0.39 is 0 Å². The molecule has 0 saturated carbocycles. The summed E-state index contributed by atoms with van der Waals surface area (Å²) in [4.78, 5) is 11.6. The standard InChI is InChI=1S/C16H22N4/c1-2-6-11-20(10-5-1)12-9-17-16-13-18-14-7-3-4-8-15(14)19-16/h3-4,7-8,13H,1-2,5-6,9-12H2,(H,17,19). The van der Waals surface area contributed by atoms with Crippen LogP contribution in [0.2, 0.25) is 0 Å². The minimum atomic E-state index is 0.874. The number of nitrogens with zero attached hydrogens (tertiary/aromatic N) is 3. The summed E-state index contributed by atoms with van der Waals surface area (Å²) in [6.07, 6.45) is 7.29. The third kappa shape index (κ3) is 3.45. The molecule has 2 aromatic rings. The number of aromatic nitrogens is 2. The highest BCUT2D eigenvalue weighted by atomic mass is 15.1. The fourth-order valence-corrected chi connectivity index (χ4v) is 2.74. The van der Waals surface area contributed by atoms with E-state index in [1.54, 1.807) is 0 Å². The van der Waals surface area contributed by atoms with Crippen LogP contribution in [0.4, 0.5) is 5.82 Å². The molecule has 0 amide bonds. The van der Waals surface area contributed by atoms with Gasteiger partial charge in [0.2, 0.25) is 0 Å². The molecule has 1 aromatic carbocycles. The fraction of sp³-hybridized carbons (Fsp3) is 0.500. The summed E-state index contributed by atoms with van der Waals surface area (Å²) in [6, 6.07) is 7.98. The number of hydrogen-bond acceptors (Lipinski definition) is 4. The molecule has 0 spiro atoms. The molecule has 20 heavy (non-hydrogen) atoms. The molecule has 106 valence electrons. The Balaban J connectivity index is 1.54. The summed E-state index contributed by atoms with van der Waals surface area (Å²) in [6.45, 7) is 4.51. The highest BCUT2D eigenvalue weighted by Gasteiger charge is 2.08. The normalized spacial score (nSPS) is 17.0. The van der Waals surface area contributed by atoms with E-state index in [9.17, 15) is 0 Å². The Labute approximate surface area is 120 Å². The van der Waals surface area contributed by atoms with Gasteiger partial charge in [-0.25, -0.2) is 4.98 Å². The Morgan fingerprint density at radius 1 is 1.00 bits per heavy atom. The van der Waals surface area contributed by atoms with Crippen molar-refractivity contribution in [3.63, 3.8) is 0 Å². The van der Waals surface area contributed by atoms with E-state index in [0.29, 0.717) is 0 Å². The zero-order valence-corrected chi connectivity index (χ0v) is 11.9. The Morgan fingerprint density at radius 2 is 1.75 bits per heavy atom. The van der Waals surface area contributed by atoms with E-state index in [1.807, 2.05) is 30.5 Å². The van der Waals surface area contributed by atoms with Crippen molar-refractivity contribution in [3.8, 4) is 0 Å². The molecule has 0 aliphatic carbocycles. The predicted molar refractivity (Wildman–Crippen MR) is 82.9 cm³/mol. The van der Waals surface area contributed by atoms with E-state index in [2.05, 4.69) is 20.2 Å². The molecule has 0 unspecified atom stereocenters. The van der Waals surface area contributed by atoms with Crippen LogP contribution in [0, 0.1) is 0 Å². The number of likely N-dealkylation sites (tertiary alicyclic amines) is 1. The fourth-order valence-electron chi connectivity index (χ4n) is 2.74. The summed E-state index contributed by atoms with van der Waals surface area (Å²) in [7, 11) is 0. The van der Waals surface area contributed by atoms with Crippen LogP contribution >= 0.6 is 0 Å². The summed E-state index contributed by atoms with van der Waals surface area (Å²) >= 11 is 0. The van der Waals surface area contributed by atoms with Gasteiger partial charge in [-0.3, -0.25) is 4.98 Å². The Kier molecular flexibility index (Phi) is 4.43. The molecule has 4 heteroatoms. The maximum absolute atomic E-state index is 4.58. The number of para-hydroxylation sites is 2. The van der Waals surface area contributed by atoms with E-state index in [0.717, 1.165) is 29.9 Å². The first kappa shape index (κ1) is 13.3. The quantitative estimate of drug-likeness (QED) is 0.927. The van der Waals surface area contributed by atoms with Crippen LogP contribution in [0.25, 0.3) is 11.0 Å². The smallest absolute Gasteiger partial charge is 0.145 e. The number of benzene rings is 1. The Hall–Kier alpha value is -1.68. The van der Waals surface area contributed by atoms with Crippen LogP contribution < -0.4 is 5.32 Å². The number of fused-ring (bicyclic) bond motifs is 1. The van der Waals surface area contributed by atoms with Gasteiger partial charge in [0, 0.05) is 13.1 Å². The lowest BCUT2D eigenvalue weighted by Crippen LogP contribution is -2.30. The van der Waals surface area contributed by atoms with Crippen molar-refractivity contribution >= 4 is 16.9 Å². The van der Waals surface area contributed by atoms with Crippen molar-refractivity contribution in [1.29, 1.82) is 0 Å². The average molecular weight is 270 g/mol. The maximum atomic E-state index is 4.58. The van der Waals surface area contributed by atoms with Crippen molar-refractivity contribution < 1.29 is 0 Å². The van der Waals surface area contributed by atoms with Crippen LogP contribution in [0.3, 0.4) is 0 Å². The molecule has 1 aromatic heterocycles. The van der Waals surface area contributed by atoms with Crippen molar-refractivity contribution in [3.05, 3.63) is 30.5 Å². The number of anilines is 1. The molecular weight excluding hydrogens is 248 g/mol. The zero-order chi connectivity index (χ0) is 13.6. The summed E-state index contributed by atoms with van der Waals surface area (Å²) in [5.74, 6) is 0.874. The van der Waals surface area contributed by atoms with E-state index in [-0.39, 0.29) is 0 Å². The molecular formula is C16H22N4. The zero-order valence-electron chi connectivity index (χ0n) is 11.9. The van der Waals surface area contributed by atoms with Crippen LogP contribution in [-0.2, 0) is 0 Å². The molecule has 0 atom stereocenters. The lowest BCUT2D eigenvalue weighted by atomic mass is 10.2. The van der Waals surface area contributed by atoms with Crippen molar-refractivity contribution in [2.24, 2.45) is 0 Å². The highest BCUT2D eigenvalue weighted by Crippen LogP contribution is 2.12. The van der Waals surface area contributed by atoms with E-state index in [4.69, 9.17) is 0 Å². The van der Waals surface area contributed by atoms with Crippen LogP contribution in [0.1, 0.15) is 25.7 Å². The van der Waals surface area contributed by atoms with Gasteiger partial charge >= 0.3 is 0 Å². The van der Waals surface area contributed by atoms with E-state index >= 15 is 0 Å². The SMILES string of the molecule is c1ccc2nc(NCCN3CCCCCC3)cnc2c1. The van der Waals surface area contributed by atoms with Gasteiger partial charge < -0.3 is 10.2 Å². The van der Waals surface area contributed by atoms with Gasteiger partial charge in [0.05, 0.1) is 17.2 Å². The second kappa shape index (κ2) is 6.66. The first-order chi connectivity index (χ1) is 9.92. The van der Waals surface area contributed by atoms with Gasteiger partial charge in [-0.1, -0.05) is 25.0 Å². The van der Waals surface area contributed by atoms with Crippen molar-refractivity contribution in [2.75, 3.05) is 31.5 Å². The lowest BCUT2D eigenvalue weighted by molar-refractivity contribution is 0.296. The summed E-state index contributed by atoms with van der Waals surface area (Å²) < 4.78 is 0. The lowest BCUT2D eigenvalue weighted by Gasteiger charge is -2.19. The molecule has 1 aliphatic heterocycles. The Bertz CT molecular complexity index is 547. The first-order valence-electron chi connectivity index (χ1n) is 7.60. The molecule has 0 radical (unpaired) electrons. The molecule has 1 saturated heterocycles.